The predicted octanol–water partition coefficient (Wildman–Crippen LogP) is 3.78. The molecule has 0 saturated carbocycles. The maximum absolute atomic E-state index is 12.6. The Morgan fingerprint density at radius 2 is 1.80 bits per heavy atom. The SMILES string of the molecule is COC(=O)c1ccc(CSc2nc3c(-c4ccc(C)cc4)c(C)nn3c(=O)[nH]2)cc1. The summed E-state index contributed by atoms with van der Waals surface area (Å²) in [5.41, 5.74) is 5.43. The number of esters is 1. The lowest BCUT2D eigenvalue weighted by Gasteiger charge is -2.05. The van der Waals surface area contributed by atoms with Gasteiger partial charge in [0.05, 0.1) is 18.4 Å². The number of carbonyl (C=O) groups excluding carboxylic acids is 1. The van der Waals surface area contributed by atoms with E-state index in [0.29, 0.717) is 22.1 Å². The number of hydrogen-bond donors (Lipinski definition) is 1. The van der Waals surface area contributed by atoms with Gasteiger partial charge in [0.1, 0.15) is 0 Å². The topological polar surface area (TPSA) is 89.3 Å². The number of aromatic nitrogens is 4. The number of nitrogens with one attached hydrogen (secondary N) is 1. The molecular weight excluding hydrogens is 400 g/mol. The van der Waals surface area contributed by atoms with Gasteiger partial charge in [-0.2, -0.15) is 9.61 Å². The lowest BCUT2D eigenvalue weighted by molar-refractivity contribution is 0.0600. The predicted molar refractivity (Wildman–Crippen MR) is 116 cm³/mol. The van der Waals surface area contributed by atoms with Crippen LogP contribution in [-0.4, -0.2) is 32.7 Å². The van der Waals surface area contributed by atoms with E-state index in [1.54, 1.807) is 12.1 Å². The minimum atomic E-state index is -0.370. The largest absolute Gasteiger partial charge is 0.465 e. The van der Waals surface area contributed by atoms with Crippen molar-refractivity contribution in [3.8, 4) is 11.1 Å². The third-order valence-corrected chi connectivity index (χ3v) is 5.69. The molecule has 4 aromatic rings. The molecule has 152 valence electrons. The van der Waals surface area contributed by atoms with Gasteiger partial charge in [-0.3, -0.25) is 4.98 Å². The van der Waals surface area contributed by atoms with Crippen molar-refractivity contribution in [2.75, 3.05) is 7.11 Å². The van der Waals surface area contributed by atoms with Crippen LogP contribution in [0, 0.1) is 13.8 Å². The standard InChI is InChI=1S/C22H20N4O3S/c1-13-4-8-16(9-5-13)18-14(2)25-26-19(18)23-21(24-22(26)28)30-12-15-6-10-17(11-7-15)20(27)29-3/h4-11H,12H2,1-3H3,(H,23,24,28). The summed E-state index contributed by atoms with van der Waals surface area (Å²) in [5.74, 6) is 0.221. The Morgan fingerprint density at radius 1 is 1.10 bits per heavy atom. The molecule has 1 N–H and O–H groups in total. The first-order valence-corrected chi connectivity index (χ1v) is 10.3. The van der Waals surface area contributed by atoms with Crippen LogP contribution in [0.3, 0.4) is 0 Å². The summed E-state index contributed by atoms with van der Waals surface area (Å²) in [6.07, 6.45) is 0. The molecule has 2 aromatic heterocycles. The number of carbonyl (C=O) groups is 1. The molecule has 0 amide bonds. The number of fused-ring (bicyclic) bond motifs is 1. The molecule has 0 atom stereocenters. The maximum atomic E-state index is 12.6. The molecule has 30 heavy (non-hydrogen) atoms. The number of aryl methyl sites for hydroxylation is 2. The van der Waals surface area contributed by atoms with Crippen LogP contribution >= 0.6 is 11.8 Å². The van der Waals surface area contributed by atoms with E-state index < -0.39 is 0 Å². The van der Waals surface area contributed by atoms with Crippen LogP contribution in [0.25, 0.3) is 16.8 Å². The summed E-state index contributed by atoms with van der Waals surface area (Å²) in [6, 6.07) is 15.2. The fourth-order valence-corrected chi connectivity index (χ4v) is 3.97. The zero-order chi connectivity index (χ0) is 21.3. The highest BCUT2D eigenvalue weighted by atomic mass is 32.2. The van der Waals surface area contributed by atoms with E-state index in [4.69, 9.17) is 4.74 Å². The van der Waals surface area contributed by atoms with Crippen molar-refractivity contribution in [3.05, 3.63) is 81.4 Å². The summed E-state index contributed by atoms with van der Waals surface area (Å²) in [6.45, 7) is 3.90. The zero-order valence-corrected chi connectivity index (χ0v) is 17.6. The van der Waals surface area contributed by atoms with Crippen LogP contribution in [0.5, 0.6) is 0 Å². The molecule has 0 radical (unpaired) electrons. The Hall–Kier alpha value is -3.39. The van der Waals surface area contributed by atoms with Crippen molar-refractivity contribution in [3.63, 3.8) is 0 Å². The summed E-state index contributed by atoms with van der Waals surface area (Å²) in [5, 5.41) is 4.87. The van der Waals surface area contributed by atoms with Crippen molar-refractivity contribution >= 4 is 23.4 Å². The highest BCUT2D eigenvalue weighted by molar-refractivity contribution is 7.98. The van der Waals surface area contributed by atoms with Crippen molar-refractivity contribution in [2.45, 2.75) is 24.8 Å². The van der Waals surface area contributed by atoms with Crippen LogP contribution in [-0.2, 0) is 10.5 Å². The van der Waals surface area contributed by atoms with Crippen molar-refractivity contribution < 1.29 is 9.53 Å². The smallest absolute Gasteiger partial charge is 0.350 e. The summed E-state index contributed by atoms with van der Waals surface area (Å²) >= 11 is 1.41. The average molecular weight is 420 g/mol. The number of benzene rings is 2. The fourth-order valence-electron chi connectivity index (χ4n) is 3.16. The Balaban J connectivity index is 1.64. The van der Waals surface area contributed by atoms with E-state index in [0.717, 1.165) is 27.9 Å². The van der Waals surface area contributed by atoms with Gasteiger partial charge in [0.2, 0.25) is 0 Å². The third kappa shape index (κ3) is 3.86. The van der Waals surface area contributed by atoms with Crippen LogP contribution in [0.2, 0.25) is 0 Å². The van der Waals surface area contributed by atoms with Crippen molar-refractivity contribution in [2.24, 2.45) is 0 Å². The Bertz CT molecular complexity index is 1270. The van der Waals surface area contributed by atoms with Gasteiger partial charge in [-0.25, -0.2) is 14.6 Å². The van der Waals surface area contributed by atoms with E-state index >= 15 is 0 Å². The van der Waals surface area contributed by atoms with Gasteiger partial charge >= 0.3 is 11.7 Å². The molecule has 0 fully saturated rings. The van der Waals surface area contributed by atoms with Crippen molar-refractivity contribution in [1.82, 2.24) is 19.6 Å². The monoisotopic (exact) mass is 420 g/mol. The minimum Gasteiger partial charge on any atom is -0.465 e. The molecule has 0 aliphatic carbocycles. The number of methoxy groups -OCH3 is 1. The lowest BCUT2D eigenvalue weighted by atomic mass is 10.0. The molecule has 7 nitrogen and oxygen atoms in total. The summed E-state index contributed by atoms with van der Waals surface area (Å²) in [7, 11) is 1.35. The maximum Gasteiger partial charge on any atom is 0.350 e. The molecule has 0 bridgehead atoms. The van der Waals surface area contributed by atoms with E-state index in [1.165, 1.54) is 23.4 Å². The molecule has 0 spiro atoms. The number of aromatic amines is 1. The van der Waals surface area contributed by atoms with Gasteiger partial charge < -0.3 is 4.74 Å². The molecule has 0 aliphatic heterocycles. The molecular formula is C22H20N4O3S. The third-order valence-electron chi connectivity index (χ3n) is 4.74. The number of thioether (sulfide) groups is 1. The highest BCUT2D eigenvalue weighted by Crippen LogP contribution is 2.28. The summed E-state index contributed by atoms with van der Waals surface area (Å²) in [4.78, 5) is 31.6. The number of ether oxygens (including phenoxy) is 1. The Morgan fingerprint density at radius 3 is 2.47 bits per heavy atom. The van der Waals surface area contributed by atoms with E-state index in [2.05, 4.69) is 15.1 Å². The molecule has 8 heteroatoms. The van der Waals surface area contributed by atoms with Crippen molar-refractivity contribution in [1.29, 1.82) is 0 Å². The molecule has 4 rings (SSSR count). The number of hydrogen-bond acceptors (Lipinski definition) is 6. The van der Waals surface area contributed by atoms with Crippen LogP contribution in [0.15, 0.2) is 58.5 Å². The zero-order valence-electron chi connectivity index (χ0n) is 16.8. The molecule has 2 aromatic carbocycles. The minimum absolute atomic E-state index is 0.329. The summed E-state index contributed by atoms with van der Waals surface area (Å²) < 4.78 is 6.02. The molecule has 2 heterocycles. The quantitative estimate of drug-likeness (QED) is 0.390. The second-order valence-corrected chi connectivity index (χ2v) is 7.85. The lowest BCUT2D eigenvalue weighted by Crippen LogP contribution is -2.19. The number of H-pyrrole nitrogens is 1. The normalized spacial score (nSPS) is 11.0. The highest BCUT2D eigenvalue weighted by Gasteiger charge is 2.16. The molecule has 0 saturated heterocycles. The first-order valence-electron chi connectivity index (χ1n) is 9.33. The fraction of sp³-hybridized carbons (Fsp3) is 0.182. The van der Waals surface area contributed by atoms with Crippen LogP contribution < -0.4 is 5.69 Å². The van der Waals surface area contributed by atoms with Crippen LogP contribution in [0.1, 0.15) is 27.2 Å². The van der Waals surface area contributed by atoms with Crippen LogP contribution in [0.4, 0.5) is 0 Å². The molecule has 0 unspecified atom stereocenters. The average Bonchev–Trinajstić information content (AvgIpc) is 3.09. The van der Waals surface area contributed by atoms with Gasteiger partial charge in [-0.1, -0.05) is 53.7 Å². The van der Waals surface area contributed by atoms with E-state index in [9.17, 15) is 9.59 Å². The number of rotatable bonds is 5. The first-order chi connectivity index (χ1) is 14.5. The number of nitrogens with zero attached hydrogens (tertiary/aromatic N) is 3. The van der Waals surface area contributed by atoms with Gasteiger partial charge in [-0.05, 0) is 37.1 Å². The van der Waals surface area contributed by atoms with Gasteiger partial charge in [0.25, 0.3) is 0 Å². The first kappa shape index (κ1) is 19.9. The molecule has 0 aliphatic rings. The second kappa shape index (κ2) is 8.16. The Kier molecular flexibility index (Phi) is 5.41. The Labute approximate surface area is 177 Å². The van der Waals surface area contributed by atoms with Gasteiger partial charge in [0.15, 0.2) is 10.8 Å². The van der Waals surface area contributed by atoms with Gasteiger partial charge in [-0.15, -0.1) is 0 Å². The van der Waals surface area contributed by atoms with Gasteiger partial charge in [0, 0.05) is 11.3 Å². The van der Waals surface area contributed by atoms with E-state index in [1.807, 2.05) is 50.2 Å². The van der Waals surface area contributed by atoms with E-state index in [-0.39, 0.29) is 11.7 Å². The second-order valence-electron chi connectivity index (χ2n) is 6.89.